The maximum absolute atomic E-state index is 11.8. The average molecular weight is 341 g/mol. The molecule has 1 fully saturated rings. The van der Waals surface area contributed by atoms with Crippen LogP contribution in [0.5, 0.6) is 0 Å². The SMILES string of the molecule is O=C(Nc1ccc(Br)cc1)C(=O)NC(CCO)C1CC1. The molecule has 0 saturated heterocycles. The second-order valence-corrected chi connectivity index (χ2v) is 5.81. The van der Waals surface area contributed by atoms with E-state index in [0.717, 1.165) is 17.3 Å². The van der Waals surface area contributed by atoms with Crippen LogP contribution in [0.1, 0.15) is 19.3 Å². The molecule has 0 spiro atoms. The van der Waals surface area contributed by atoms with Gasteiger partial charge in [0.25, 0.3) is 0 Å². The molecule has 1 aliphatic carbocycles. The molecule has 6 heteroatoms. The van der Waals surface area contributed by atoms with Crippen LogP contribution < -0.4 is 10.6 Å². The maximum atomic E-state index is 11.8. The first-order chi connectivity index (χ1) is 9.60. The van der Waals surface area contributed by atoms with Crippen LogP contribution in [0.4, 0.5) is 5.69 Å². The highest BCUT2D eigenvalue weighted by Gasteiger charge is 2.32. The van der Waals surface area contributed by atoms with Gasteiger partial charge in [0.2, 0.25) is 0 Å². The molecular formula is C14H17BrN2O3. The third-order valence-corrected chi connectivity index (χ3v) is 3.78. The van der Waals surface area contributed by atoms with Crippen molar-refractivity contribution in [2.45, 2.75) is 25.3 Å². The first-order valence-electron chi connectivity index (χ1n) is 6.58. The Morgan fingerprint density at radius 2 is 1.90 bits per heavy atom. The van der Waals surface area contributed by atoms with Crippen molar-refractivity contribution in [1.29, 1.82) is 0 Å². The van der Waals surface area contributed by atoms with Crippen LogP contribution in [0.15, 0.2) is 28.7 Å². The minimum absolute atomic E-state index is 0.00970. The number of amides is 2. The lowest BCUT2D eigenvalue weighted by Gasteiger charge is -2.16. The second-order valence-electron chi connectivity index (χ2n) is 4.89. The van der Waals surface area contributed by atoms with Crippen molar-refractivity contribution in [1.82, 2.24) is 5.32 Å². The van der Waals surface area contributed by atoms with Gasteiger partial charge in [-0.2, -0.15) is 0 Å². The molecule has 2 rings (SSSR count). The van der Waals surface area contributed by atoms with Crippen molar-refractivity contribution < 1.29 is 14.7 Å². The van der Waals surface area contributed by atoms with Crippen molar-refractivity contribution in [3.63, 3.8) is 0 Å². The molecule has 1 aliphatic rings. The lowest BCUT2D eigenvalue weighted by molar-refractivity contribution is -0.136. The minimum Gasteiger partial charge on any atom is -0.396 e. The topological polar surface area (TPSA) is 78.4 Å². The van der Waals surface area contributed by atoms with Gasteiger partial charge < -0.3 is 15.7 Å². The van der Waals surface area contributed by atoms with Crippen molar-refractivity contribution in [2.24, 2.45) is 5.92 Å². The Kier molecular flexibility index (Phi) is 5.14. The zero-order chi connectivity index (χ0) is 14.5. The zero-order valence-corrected chi connectivity index (χ0v) is 12.5. The van der Waals surface area contributed by atoms with E-state index < -0.39 is 11.8 Å². The fourth-order valence-corrected chi connectivity index (χ4v) is 2.28. The third-order valence-electron chi connectivity index (χ3n) is 3.26. The predicted molar refractivity (Wildman–Crippen MR) is 79.1 cm³/mol. The number of benzene rings is 1. The Morgan fingerprint density at radius 3 is 2.45 bits per heavy atom. The number of halogens is 1. The number of carbonyl (C=O) groups excluding carboxylic acids is 2. The molecule has 0 bridgehead atoms. The second kappa shape index (κ2) is 6.85. The van der Waals surface area contributed by atoms with Crippen LogP contribution in [-0.2, 0) is 9.59 Å². The van der Waals surface area contributed by atoms with Crippen LogP contribution in [0.3, 0.4) is 0 Å². The molecule has 1 aromatic rings. The number of aliphatic hydroxyl groups is 1. The summed E-state index contributed by atoms with van der Waals surface area (Å²) in [5, 5.41) is 14.2. The zero-order valence-electron chi connectivity index (χ0n) is 10.9. The van der Waals surface area contributed by atoms with Crippen LogP contribution >= 0.6 is 15.9 Å². The molecule has 1 unspecified atom stereocenters. The van der Waals surface area contributed by atoms with Crippen molar-refractivity contribution in [3.05, 3.63) is 28.7 Å². The molecule has 3 N–H and O–H groups in total. The number of hydrogen-bond acceptors (Lipinski definition) is 3. The van der Waals surface area contributed by atoms with E-state index in [-0.39, 0.29) is 12.6 Å². The Balaban J connectivity index is 1.87. The normalized spacial score (nSPS) is 15.5. The Morgan fingerprint density at radius 1 is 1.25 bits per heavy atom. The summed E-state index contributed by atoms with van der Waals surface area (Å²) in [6.07, 6.45) is 2.57. The van der Waals surface area contributed by atoms with Gasteiger partial charge in [0.1, 0.15) is 0 Å². The van der Waals surface area contributed by atoms with E-state index in [9.17, 15) is 9.59 Å². The van der Waals surface area contributed by atoms with Gasteiger partial charge in [-0.05, 0) is 49.4 Å². The molecule has 0 aliphatic heterocycles. The summed E-state index contributed by atoms with van der Waals surface area (Å²) in [6, 6.07) is 6.88. The summed E-state index contributed by atoms with van der Waals surface area (Å²) in [4.78, 5) is 23.6. The van der Waals surface area contributed by atoms with Gasteiger partial charge in [0.15, 0.2) is 0 Å². The van der Waals surface area contributed by atoms with Gasteiger partial charge in [-0.3, -0.25) is 9.59 Å². The lowest BCUT2D eigenvalue weighted by atomic mass is 10.1. The molecule has 20 heavy (non-hydrogen) atoms. The van der Waals surface area contributed by atoms with Crippen LogP contribution in [-0.4, -0.2) is 29.6 Å². The number of hydrogen-bond donors (Lipinski definition) is 3. The molecule has 0 heterocycles. The summed E-state index contributed by atoms with van der Waals surface area (Å²) in [5.74, 6) is -0.944. The quantitative estimate of drug-likeness (QED) is 0.713. The molecule has 5 nitrogen and oxygen atoms in total. The number of anilines is 1. The monoisotopic (exact) mass is 340 g/mol. The first kappa shape index (κ1) is 15.0. The van der Waals surface area contributed by atoms with E-state index in [1.54, 1.807) is 24.3 Å². The lowest BCUT2D eigenvalue weighted by Crippen LogP contribution is -2.43. The van der Waals surface area contributed by atoms with E-state index in [1.165, 1.54) is 0 Å². The highest BCUT2D eigenvalue weighted by atomic mass is 79.9. The molecule has 0 aromatic heterocycles. The highest BCUT2D eigenvalue weighted by molar-refractivity contribution is 9.10. The van der Waals surface area contributed by atoms with Crippen LogP contribution in [0, 0.1) is 5.92 Å². The van der Waals surface area contributed by atoms with E-state index in [4.69, 9.17) is 5.11 Å². The number of aliphatic hydroxyl groups excluding tert-OH is 1. The van der Waals surface area contributed by atoms with E-state index in [1.807, 2.05) is 0 Å². The maximum Gasteiger partial charge on any atom is 0.313 e. The fourth-order valence-electron chi connectivity index (χ4n) is 2.02. The number of nitrogens with one attached hydrogen (secondary N) is 2. The smallest absolute Gasteiger partial charge is 0.313 e. The van der Waals surface area contributed by atoms with Crippen LogP contribution in [0.25, 0.3) is 0 Å². The summed E-state index contributed by atoms with van der Waals surface area (Å²) in [5.41, 5.74) is 0.568. The molecule has 1 saturated carbocycles. The number of carbonyl (C=O) groups is 2. The van der Waals surface area contributed by atoms with Gasteiger partial charge in [0, 0.05) is 22.8 Å². The van der Waals surface area contributed by atoms with Crippen molar-refractivity contribution in [2.75, 3.05) is 11.9 Å². The summed E-state index contributed by atoms with van der Waals surface area (Å²) in [6.45, 7) is 0.00970. The number of rotatable bonds is 5. The first-order valence-corrected chi connectivity index (χ1v) is 7.37. The van der Waals surface area contributed by atoms with Crippen LogP contribution in [0.2, 0.25) is 0 Å². The average Bonchev–Trinajstić information content (AvgIpc) is 3.25. The van der Waals surface area contributed by atoms with Gasteiger partial charge in [-0.15, -0.1) is 0 Å². The largest absolute Gasteiger partial charge is 0.396 e. The molecule has 0 radical (unpaired) electrons. The standard InChI is InChI=1S/C14H17BrN2O3/c15-10-3-5-11(6-4-10)16-13(19)14(20)17-12(7-8-18)9-1-2-9/h3-6,9,12,18H,1-2,7-8H2,(H,16,19)(H,17,20). The minimum atomic E-state index is -0.684. The van der Waals surface area contributed by atoms with Gasteiger partial charge >= 0.3 is 11.8 Å². The molecular weight excluding hydrogens is 324 g/mol. The summed E-state index contributed by atoms with van der Waals surface area (Å²) in [7, 11) is 0. The third kappa shape index (κ3) is 4.31. The van der Waals surface area contributed by atoms with Crippen molar-refractivity contribution in [3.8, 4) is 0 Å². The van der Waals surface area contributed by atoms with E-state index in [2.05, 4.69) is 26.6 Å². The van der Waals surface area contributed by atoms with Gasteiger partial charge in [0.05, 0.1) is 0 Å². The fraction of sp³-hybridized carbons (Fsp3) is 0.429. The van der Waals surface area contributed by atoms with Gasteiger partial charge in [-0.25, -0.2) is 0 Å². The Labute approximate surface area is 125 Å². The Hall–Kier alpha value is -1.40. The molecule has 1 aromatic carbocycles. The molecule has 1 atom stereocenters. The molecule has 2 amide bonds. The van der Waals surface area contributed by atoms with E-state index >= 15 is 0 Å². The van der Waals surface area contributed by atoms with E-state index in [0.29, 0.717) is 18.0 Å². The summed E-state index contributed by atoms with van der Waals surface area (Å²) < 4.78 is 0.900. The molecule has 108 valence electrons. The Bertz CT molecular complexity index is 486. The predicted octanol–water partition coefficient (Wildman–Crippen LogP) is 1.66. The van der Waals surface area contributed by atoms with Gasteiger partial charge in [-0.1, -0.05) is 15.9 Å². The highest BCUT2D eigenvalue weighted by Crippen LogP contribution is 2.33. The summed E-state index contributed by atoms with van der Waals surface area (Å²) >= 11 is 3.30. The van der Waals surface area contributed by atoms with Crippen molar-refractivity contribution >= 4 is 33.4 Å².